The largest absolute Gasteiger partial charge is 0.394 e. The standard InChI is InChI=1S/C33H36N6O7S2/c1-16(2)33(48-47-5)29(45)38-21(23(41)37(33)4)14-30(17-10-6-8-12-19(17)34-26(30)38)31-18-11-7-9-13-20(18)35-27(31)39-24(42)22(15-40)36(3)28(44)32(39,46)25(31)43/h6-14,16,22,25-27,34-35,40,43,46H,15H2,1-5H3/t22-,25-,26+,27-,30-,31+,32-,33+/m0/s1. The van der Waals surface area contributed by atoms with Crippen LogP contribution in [0, 0.1) is 5.92 Å². The molecule has 0 aliphatic carbocycles. The van der Waals surface area contributed by atoms with Crippen molar-refractivity contribution in [2.24, 2.45) is 5.92 Å². The lowest BCUT2D eigenvalue weighted by Gasteiger charge is -2.52. The predicted octanol–water partition coefficient (Wildman–Crippen LogP) is 0.652. The number of nitrogens with one attached hydrogen (secondary N) is 2. The van der Waals surface area contributed by atoms with Crippen LogP contribution >= 0.6 is 21.6 Å². The summed E-state index contributed by atoms with van der Waals surface area (Å²) in [6.45, 7) is 3.09. The van der Waals surface area contributed by atoms with Crippen LogP contribution in [-0.2, 0) is 30.0 Å². The van der Waals surface area contributed by atoms with Crippen molar-refractivity contribution in [3.8, 4) is 0 Å². The van der Waals surface area contributed by atoms with Gasteiger partial charge < -0.3 is 35.8 Å². The maximum absolute atomic E-state index is 15.1. The summed E-state index contributed by atoms with van der Waals surface area (Å²) in [6.07, 6.45) is -0.684. The Labute approximate surface area is 284 Å². The minimum absolute atomic E-state index is 0.0945. The monoisotopic (exact) mass is 692 g/mol. The number of aliphatic hydroxyl groups excluding tert-OH is 2. The van der Waals surface area contributed by atoms with E-state index in [0.717, 1.165) is 9.80 Å². The van der Waals surface area contributed by atoms with Crippen LogP contribution in [0.5, 0.6) is 0 Å². The molecular formula is C33H36N6O7S2. The number of carbonyl (C=O) groups is 4. The van der Waals surface area contributed by atoms with Gasteiger partial charge >= 0.3 is 0 Å². The Bertz CT molecular complexity index is 1860. The predicted molar refractivity (Wildman–Crippen MR) is 179 cm³/mol. The summed E-state index contributed by atoms with van der Waals surface area (Å²) in [5, 5.41) is 42.5. The third kappa shape index (κ3) is 3.10. The number of benzene rings is 2. The summed E-state index contributed by atoms with van der Waals surface area (Å²) >= 11 is 0. The average Bonchev–Trinajstić information content (AvgIpc) is 3.74. The van der Waals surface area contributed by atoms with Gasteiger partial charge in [0, 0.05) is 25.5 Å². The topological polar surface area (TPSA) is 166 Å². The van der Waals surface area contributed by atoms with Crippen molar-refractivity contribution in [3.05, 3.63) is 71.4 Å². The van der Waals surface area contributed by atoms with Gasteiger partial charge in [-0.15, -0.1) is 0 Å². The summed E-state index contributed by atoms with van der Waals surface area (Å²) in [6, 6.07) is 13.1. The fraction of sp³-hybridized carbons (Fsp3) is 0.455. The minimum Gasteiger partial charge on any atom is -0.394 e. The van der Waals surface area contributed by atoms with Crippen molar-refractivity contribution in [1.29, 1.82) is 0 Å². The molecule has 8 rings (SSSR count). The highest BCUT2D eigenvalue weighted by Gasteiger charge is 2.85. The van der Waals surface area contributed by atoms with Gasteiger partial charge in [0.1, 0.15) is 30.2 Å². The average molecular weight is 693 g/mol. The third-order valence-corrected chi connectivity index (χ3v) is 14.1. The SMILES string of the molecule is CSS[C@]1(C(C)C)C(=O)N2C(=C[C@]3([C@@]45c6ccccc6N[C@H]4N4C(=O)[C@H](CO)N(C)C(=O)[C@@]4(O)[C@H]5O)c4ccccc4N[C@H]23)C(=O)N1C. The Morgan fingerprint density at radius 1 is 0.917 bits per heavy atom. The maximum atomic E-state index is 15.1. The van der Waals surface area contributed by atoms with Gasteiger partial charge in [0.05, 0.1) is 17.4 Å². The summed E-state index contributed by atoms with van der Waals surface area (Å²) in [4.78, 5) is 61.6. The fourth-order valence-electron chi connectivity index (χ4n) is 9.48. The molecule has 0 aromatic heterocycles. The van der Waals surface area contributed by atoms with E-state index in [2.05, 4.69) is 10.6 Å². The zero-order valence-electron chi connectivity index (χ0n) is 26.9. The first-order chi connectivity index (χ1) is 22.8. The van der Waals surface area contributed by atoms with Crippen LogP contribution in [0.1, 0.15) is 25.0 Å². The van der Waals surface area contributed by atoms with Gasteiger partial charge in [-0.25, -0.2) is 0 Å². The summed E-state index contributed by atoms with van der Waals surface area (Å²) in [5.41, 5.74) is -3.65. The van der Waals surface area contributed by atoms with Gasteiger partial charge in [0.2, 0.25) is 0 Å². The zero-order valence-corrected chi connectivity index (χ0v) is 28.5. The van der Waals surface area contributed by atoms with E-state index >= 15 is 4.79 Å². The van der Waals surface area contributed by atoms with Gasteiger partial charge in [-0.1, -0.05) is 71.8 Å². The van der Waals surface area contributed by atoms with Gasteiger partial charge in [-0.3, -0.25) is 29.0 Å². The molecule has 6 aliphatic rings. The number of para-hydroxylation sites is 2. The van der Waals surface area contributed by atoms with Crippen LogP contribution < -0.4 is 10.6 Å². The second-order valence-corrected chi connectivity index (χ2v) is 16.2. The van der Waals surface area contributed by atoms with Crippen LogP contribution in [-0.4, -0.2) is 121 Å². The van der Waals surface area contributed by atoms with E-state index in [9.17, 15) is 29.7 Å². The first kappa shape index (κ1) is 31.5. The molecule has 0 saturated carbocycles. The third-order valence-electron chi connectivity index (χ3n) is 11.5. The van der Waals surface area contributed by atoms with Crippen LogP contribution in [0.15, 0.2) is 60.3 Å². The number of likely N-dealkylation sites (N-methyl/N-ethyl adjacent to an activating group) is 2. The van der Waals surface area contributed by atoms with E-state index in [4.69, 9.17) is 0 Å². The van der Waals surface area contributed by atoms with E-state index in [-0.39, 0.29) is 17.5 Å². The molecule has 2 aromatic carbocycles. The molecule has 3 fully saturated rings. The van der Waals surface area contributed by atoms with Crippen molar-refractivity contribution in [2.45, 2.75) is 59.8 Å². The highest BCUT2D eigenvalue weighted by Crippen LogP contribution is 2.70. The van der Waals surface area contributed by atoms with Crippen molar-refractivity contribution in [1.82, 2.24) is 19.6 Å². The van der Waals surface area contributed by atoms with E-state index in [1.54, 1.807) is 37.4 Å². The van der Waals surface area contributed by atoms with E-state index in [1.165, 1.54) is 38.4 Å². The number of aliphatic hydroxyl groups is 3. The van der Waals surface area contributed by atoms with Crippen molar-refractivity contribution >= 4 is 56.6 Å². The number of hydrogen-bond acceptors (Lipinski definition) is 11. The summed E-state index contributed by atoms with van der Waals surface area (Å²) in [5.74, 6) is -2.75. The van der Waals surface area contributed by atoms with Gasteiger partial charge in [0.25, 0.3) is 29.4 Å². The number of rotatable bonds is 5. The Balaban J connectivity index is 1.47. The van der Waals surface area contributed by atoms with Gasteiger partial charge in [0.15, 0.2) is 4.87 Å². The number of carbonyl (C=O) groups excluding carboxylic acids is 4. The summed E-state index contributed by atoms with van der Waals surface area (Å²) in [7, 11) is 5.60. The van der Waals surface area contributed by atoms with Crippen molar-refractivity contribution < 1.29 is 34.5 Å². The fourth-order valence-corrected chi connectivity index (χ4v) is 12.2. The lowest BCUT2D eigenvalue weighted by atomic mass is 9.54. The number of piperazine rings is 2. The first-order valence-corrected chi connectivity index (χ1v) is 18.3. The molecule has 13 nitrogen and oxygen atoms in total. The maximum Gasteiger partial charge on any atom is 0.279 e. The molecule has 2 aromatic rings. The number of hydrogen-bond donors (Lipinski definition) is 5. The lowest BCUT2D eigenvalue weighted by Crippen LogP contribution is -2.73. The minimum atomic E-state index is -2.76. The molecule has 0 spiro atoms. The van der Waals surface area contributed by atoms with Crippen molar-refractivity contribution in [3.63, 3.8) is 0 Å². The van der Waals surface area contributed by atoms with Crippen LogP contribution in [0.3, 0.4) is 0 Å². The molecule has 8 atom stereocenters. The highest BCUT2D eigenvalue weighted by molar-refractivity contribution is 8.77. The molecular weight excluding hydrogens is 657 g/mol. The van der Waals surface area contributed by atoms with Gasteiger partial charge in [-0.2, -0.15) is 0 Å². The molecule has 252 valence electrons. The van der Waals surface area contributed by atoms with E-state index in [1.807, 2.05) is 44.4 Å². The Morgan fingerprint density at radius 3 is 2.15 bits per heavy atom. The van der Waals surface area contributed by atoms with Crippen LogP contribution in [0.2, 0.25) is 0 Å². The second-order valence-electron chi connectivity index (χ2n) is 13.5. The first-order valence-electron chi connectivity index (χ1n) is 15.7. The Hall–Kier alpha value is -3.76. The van der Waals surface area contributed by atoms with E-state index in [0.29, 0.717) is 22.5 Å². The highest BCUT2D eigenvalue weighted by atomic mass is 33.1. The van der Waals surface area contributed by atoms with Gasteiger partial charge in [-0.05, 0) is 41.5 Å². The van der Waals surface area contributed by atoms with Crippen LogP contribution in [0.4, 0.5) is 11.4 Å². The molecule has 5 N–H and O–H groups in total. The molecule has 48 heavy (non-hydrogen) atoms. The Kier molecular flexibility index (Phi) is 6.50. The zero-order chi connectivity index (χ0) is 34.3. The number of fused-ring (bicyclic) bond motifs is 11. The molecule has 6 heterocycles. The molecule has 15 heteroatoms. The quantitative estimate of drug-likeness (QED) is 0.280. The molecule has 3 saturated heterocycles. The number of amides is 4. The number of nitrogens with zero attached hydrogens (tertiary/aromatic N) is 4. The normalized spacial score (nSPS) is 37.6. The van der Waals surface area contributed by atoms with Crippen molar-refractivity contribution in [2.75, 3.05) is 37.6 Å². The molecule has 0 unspecified atom stereocenters. The molecule has 6 aliphatic heterocycles. The lowest BCUT2D eigenvalue weighted by molar-refractivity contribution is -0.209. The molecule has 0 bridgehead atoms. The summed E-state index contributed by atoms with van der Waals surface area (Å²) < 4.78 is 0. The Morgan fingerprint density at radius 2 is 1.52 bits per heavy atom. The molecule has 4 amide bonds. The van der Waals surface area contributed by atoms with E-state index < -0.39 is 70.2 Å². The van der Waals surface area contributed by atoms with Crippen LogP contribution in [0.25, 0.3) is 0 Å². The second kappa shape index (κ2) is 9.91. The number of anilines is 2. The molecule has 0 radical (unpaired) electrons. The smallest absolute Gasteiger partial charge is 0.279 e.